The third kappa shape index (κ3) is 11.7. The Morgan fingerprint density at radius 3 is 2.22 bits per heavy atom. The molecule has 8 heteroatoms. The molecule has 0 aromatic heterocycles. The summed E-state index contributed by atoms with van der Waals surface area (Å²) < 4.78 is 30.3. The summed E-state index contributed by atoms with van der Waals surface area (Å²) in [6.45, 7) is 0. The van der Waals surface area contributed by atoms with Gasteiger partial charge in [0.05, 0.1) is 0 Å². The summed E-state index contributed by atoms with van der Waals surface area (Å²) in [4.78, 5) is 0. The van der Waals surface area contributed by atoms with Gasteiger partial charge in [0, 0.05) is 17.4 Å². The first-order chi connectivity index (χ1) is 3.56. The Morgan fingerprint density at radius 1 is 1.67 bits per heavy atom. The maximum Gasteiger partial charge on any atom is 0.409 e. The van der Waals surface area contributed by atoms with Crippen molar-refractivity contribution in [1.29, 1.82) is 5.26 Å². The average Bonchev–Trinajstić information content (AvgIpc) is 1.59. The molecular weight excluding hydrogens is 206 g/mol. The molecule has 0 atom stereocenters. The molecule has 0 aliphatic heterocycles. The molecular formula is CHCrNO4S2. The molecule has 5 nitrogen and oxygen atoms in total. The fourth-order valence-electron chi connectivity index (χ4n) is 0.0582. The van der Waals surface area contributed by atoms with Crippen LogP contribution in [0.25, 0.3) is 0 Å². The average molecular weight is 207 g/mol. The van der Waals surface area contributed by atoms with E-state index in [0.29, 0.717) is 0 Å². The van der Waals surface area contributed by atoms with Gasteiger partial charge in [-0.3, -0.25) is 4.55 Å². The van der Waals surface area contributed by atoms with Crippen LogP contribution in [0.2, 0.25) is 0 Å². The van der Waals surface area contributed by atoms with Crippen LogP contribution in [0.5, 0.6) is 0 Å². The molecule has 0 aromatic carbocycles. The largest absolute Gasteiger partial charge is 0.409 e. The standard InChI is InChI=1S/CHNO4S2.Cr/c2-1-7-6-8(3,4)5;/h(H,3,4,5);. The van der Waals surface area contributed by atoms with Crippen LogP contribution in [0.1, 0.15) is 0 Å². The Morgan fingerprint density at radius 2 is 2.11 bits per heavy atom. The van der Waals surface area contributed by atoms with Crippen LogP contribution < -0.4 is 0 Å². The first kappa shape index (κ1) is 12.0. The Labute approximate surface area is 67.3 Å². The summed E-state index contributed by atoms with van der Waals surface area (Å²) in [7, 11) is -4.45. The fourth-order valence-corrected chi connectivity index (χ4v) is 0.524. The molecule has 52 valence electrons. The molecule has 0 saturated heterocycles. The Bertz CT molecular complexity index is 191. The molecule has 0 bridgehead atoms. The number of thiocyanates is 1. The van der Waals surface area contributed by atoms with E-state index in [1.165, 1.54) is 5.40 Å². The molecule has 9 heavy (non-hydrogen) atoms. The van der Waals surface area contributed by atoms with Crippen LogP contribution in [0.15, 0.2) is 0 Å². The Kier molecular flexibility index (Phi) is 6.73. The third-order valence-electron chi connectivity index (χ3n) is 0.157. The van der Waals surface area contributed by atoms with Gasteiger partial charge in [-0.1, -0.05) is 0 Å². The summed E-state index contributed by atoms with van der Waals surface area (Å²) >= 11 is -0.0174. The second-order valence-corrected chi connectivity index (χ2v) is 2.42. The maximum absolute atomic E-state index is 9.55. The Balaban J connectivity index is 0. The van der Waals surface area contributed by atoms with E-state index < -0.39 is 10.4 Å². The molecule has 0 saturated carbocycles. The van der Waals surface area contributed by atoms with E-state index in [4.69, 9.17) is 9.81 Å². The van der Waals surface area contributed by atoms with Crippen molar-refractivity contribution < 1.29 is 34.0 Å². The SMILES string of the molecule is N#CSOS(=O)(=O)O.[Cr]. The molecule has 0 spiro atoms. The van der Waals surface area contributed by atoms with Gasteiger partial charge >= 0.3 is 10.4 Å². The second-order valence-electron chi connectivity index (χ2n) is 0.670. The predicted molar refractivity (Wildman–Crippen MR) is 25.8 cm³/mol. The fraction of sp³-hybridized carbons (Fsp3) is 0. The molecule has 0 rings (SSSR count). The molecule has 0 aliphatic carbocycles. The number of rotatable bonds is 2. The number of hydrogen-bond donors (Lipinski definition) is 1. The van der Waals surface area contributed by atoms with Gasteiger partial charge in [-0.25, -0.2) is 0 Å². The van der Waals surface area contributed by atoms with Crippen LogP contribution in [0.3, 0.4) is 0 Å². The third-order valence-corrected chi connectivity index (χ3v) is 1.19. The molecule has 1 N–H and O–H groups in total. The van der Waals surface area contributed by atoms with Gasteiger partial charge in [-0.2, -0.15) is 17.3 Å². The van der Waals surface area contributed by atoms with E-state index in [9.17, 15) is 8.42 Å². The zero-order valence-electron chi connectivity index (χ0n) is 3.84. The van der Waals surface area contributed by atoms with Crippen LogP contribution in [0.4, 0.5) is 0 Å². The van der Waals surface area contributed by atoms with E-state index in [1.54, 1.807) is 0 Å². The van der Waals surface area contributed by atoms with Crippen molar-refractivity contribution in [1.82, 2.24) is 0 Å². The van der Waals surface area contributed by atoms with Crippen molar-refractivity contribution in [3.8, 4) is 5.40 Å². The molecule has 0 aromatic rings. The summed E-state index contributed by atoms with van der Waals surface area (Å²) in [6.07, 6.45) is 0. The van der Waals surface area contributed by atoms with Gasteiger partial charge < -0.3 is 0 Å². The van der Waals surface area contributed by atoms with E-state index in [0.717, 1.165) is 0 Å². The van der Waals surface area contributed by atoms with E-state index in [-0.39, 0.29) is 29.4 Å². The summed E-state index contributed by atoms with van der Waals surface area (Å²) in [5.74, 6) is 0. The minimum absolute atomic E-state index is 0. The minimum Gasteiger partial charge on any atom is -0.263 e. The van der Waals surface area contributed by atoms with Gasteiger partial charge in [0.25, 0.3) is 0 Å². The van der Waals surface area contributed by atoms with Gasteiger partial charge in [-0.15, -0.1) is 0 Å². The van der Waals surface area contributed by atoms with Gasteiger partial charge in [0.1, 0.15) is 12.0 Å². The monoisotopic (exact) mass is 207 g/mol. The molecule has 0 amide bonds. The number of nitrogens with zero attached hydrogens (tertiary/aromatic N) is 1. The van der Waals surface area contributed by atoms with Crippen molar-refractivity contribution >= 4 is 22.4 Å². The first-order valence-electron chi connectivity index (χ1n) is 1.28. The van der Waals surface area contributed by atoms with Crippen molar-refractivity contribution in [2.75, 3.05) is 0 Å². The molecule has 0 unspecified atom stereocenters. The van der Waals surface area contributed by atoms with Crippen LogP contribution >= 0.6 is 12.0 Å². The van der Waals surface area contributed by atoms with Crippen molar-refractivity contribution in [2.45, 2.75) is 0 Å². The van der Waals surface area contributed by atoms with Crippen LogP contribution in [-0.4, -0.2) is 13.0 Å². The van der Waals surface area contributed by atoms with Gasteiger partial charge in [0.2, 0.25) is 0 Å². The van der Waals surface area contributed by atoms with Gasteiger partial charge in [-0.05, 0) is 0 Å². The number of hydrogen-bond acceptors (Lipinski definition) is 5. The molecule has 0 heterocycles. The summed E-state index contributed by atoms with van der Waals surface area (Å²) in [5.41, 5.74) is 0. The van der Waals surface area contributed by atoms with Crippen LogP contribution in [0, 0.1) is 10.7 Å². The first-order valence-corrected chi connectivity index (χ1v) is 3.38. The zero-order chi connectivity index (χ0) is 6.62. The maximum atomic E-state index is 9.55. The van der Waals surface area contributed by atoms with Crippen LogP contribution in [-0.2, 0) is 31.4 Å². The molecule has 0 fully saturated rings. The minimum atomic E-state index is -4.45. The van der Waals surface area contributed by atoms with E-state index in [1.807, 2.05) is 0 Å². The van der Waals surface area contributed by atoms with E-state index in [2.05, 4.69) is 3.63 Å². The summed E-state index contributed by atoms with van der Waals surface area (Å²) in [5, 5.41) is 8.92. The molecule has 0 aliphatic rings. The van der Waals surface area contributed by atoms with Crippen molar-refractivity contribution in [3.63, 3.8) is 0 Å². The van der Waals surface area contributed by atoms with Gasteiger partial charge in [0.15, 0.2) is 5.40 Å². The van der Waals surface area contributed by atoms with Crippen molar-refractivity contribution in [3.05, 3.63) is 0 Å². The number of nitriles is 1. The predicted octanol–water partition coefficient (Wildman–Crippen LogP) is -0.0674. The topological polar surface area (TPSA) is 87.4 Å². The molecule has 0 radical (unpaired) electrons. The smallest absolute Gasteiger partial charge is 0.263 e. The van der Waals surface area contributed by atoms with Crippen molar-refractivity contribution in [2.24, 2.45) is 0 Å². The zero-order valence-corrected chi connectivity index (χ0v) is 6.75. The summed E-state index contributed by atoms with van der Waals surface area (Å²) in [6, 6.07) is 0. The second kappa shape index (κ2) is 5.06. The normalized spacial score (nSPS) is 9.33. The quantitative estimate of drug-likeness (QED) is 0.387. The van der Waals surface area contributed by atoms with E-state index >= 15 is 0 Å². The Hall–Kier alpha value is 0.242.